The van der Waals surface area contributed by atoms with Crippen molar-refractivity contribution in [2.24, 2.45) is 5.92 Å². The first kappa shape index (κ1) is 14.2. The molecule has 0 heterocycles. The Balaban J connectivity index is 1.89. The average molecular weight is 283 g/mol. The molecule has 0 amide bonds. The summed E-state index contributed by atoms with van der Waals surface area (Å²) in [6.45, 7) is 0.576. The summed E-state index contributed by atoms with van der Waals surface area (Å²) in [5.41, 5.74) is 0.135. The fraction of sp³-hybridized carbons (Fsp3) is 0.533. The molecule has 1 saturated carbocycles. The summed E-state index contributed by atoms with van der Waals surface area (Å²) in [6.07, 6.45) is 7.52. The Labute approximate surface area is 118 Å². The lowest BCUT2D eigenvalue weighted by molar-refractivity contribution is 0.0692. The standard InChI is InChI=1S/C15H19ClO3/c16-12-6-7-14(13(10-12)15(17)18)19-9-8-11-4-2-1-3-5-11/h6-7,10-11H,1-5,8-9H2,(H,17,18). The van der Waals surface area contributed by atoms with Gasteiger partial charge in [0, 0.05) is 5.02 Å². The van der Waals surface area contributed by atoms with Crippen LogP contribution in [0.25, 0.3) is 0 Å². The van der Waals surface area contributed by atoms with Crippen molar-refractivity contribution in [2.45, 2.75) is 38.5 Å². The predicted molar refractivity (Wildman–Crippen MR) is 75.1 cm³/mol. The van der Waals surface area contributed by atoms with E-state index in [0.717, 1.165) is 12.3 Å². The molecular weight excluding hydrogens is 264 g/mol. The molecule has 0 radical (unpaired) electrons. The highest BCUT2D eigenvalue weighted by molar-refractivity contribution is 6.31. The van der Waals surface area contributed by atoms with Crippen LogP contribution in [-0.4, -0.2) is 17.7 Å². The van der Waals surface area contributed by atoms with Crippen molar-refractivity contribution in [2.75, 3.05) is 6.61 Å². The fourth-order valence-electron chi connectivity index (χ4n) is 2.61. The summed E-state index contributed by atoms with van der Waals surface area (Å²) in [5, 5.41) is 9.51. The van der Waals surface area contributed by atoms with Gasteiger partial charge in [-0.3, -0.25) is 0 Å². The lowest BCUT2D eigenvalue weighted by Gasteiger charge is -2.21. The van der Waals surface area contributed by atoms with E-state index in [-0.39, 0.29) is 5.56 Å². The minimum Gasteiger partial charge on any atom is -0.493 e. The van der Waals surface area contributed by atoms with E-state index >= 15 is 0 Å². The number of carboxylic acid groups (broad SMARTS) is 1. The van der Waals surface area contributed by atoms with Crippen LogP contribution in [0.2, 0.25) is 5.02 Å². The molecule has 0 bridgehead atoms. The Bertz CT molecular complexity index is 439. The Morgan fingerprint density at radius 1 is 1.32 bits per heavy atom. The number of hydrogen-bond donors (Lipinski definition) is 1. The molecule has 0 unspecified atom stereocenters. The Morgan fingerprint density at radius 2 is 2.05 bits per heavy atom. The molecule has 0 aromatic heterocycles. The number of benzene rings is 1. The number of carbonyl (C=O) groups is 1. The van der Waals surface area contributed by atoms with Crippen LogP contribution in [0, 0.1) is 5.92 Å². The molecule has 1 aromatic rings. The maximum Gasteiger partial charge on any atom is 0.339 e. The van der Waals surface area contributed by atoms with Crippen molar-refractivity contribution in [3.05, 3.63) is 28.8 Å². The van der Waals surface area contributed by atoms with E-state index in [9.17, 15) is 4.79 Å². The summed E-state index contributed by atoms with van der Waals surface area (Å²) in [7, 11) is 0. The molecule has 4 heteroatoms. The first-order valence-electron chi connectivity index (χ1n) is 6.82. The van der Waals surface area contributed by atoms with Gasteiger partial charge in [-0.1, -0.05) is 43.7 Å². The van der Waals surface area contributed by atoms with Gasteiger partial charge in [-0.2, -0.15) is 0 Å². The zero-order valence-corrected chi connectivity index (χ0v) is 11.7. The summed E-state index contributed by atoms with van der Waals surface area (Å²) in [4.78, 5) is 11.1. The number of hydrogen-bond acceptors (Lipinski definition) is 2. The van der Waals surface area contributed by atoms with Gasteiger partial charge in [0.25, 0.3) is 0 Å². The molecule has 1 aromatic carbocycles. The van der Waals surface area contributed by atoms with Crippen LogP contribution < -0.4 is 4.74 Å². The maximum atomic E-state index is 11.1. The summed E-state index contributed by atoms with van der Waals surface area (Å²) in [6, 6.07) is 4.72. The lowest BCUT2D eigenvalue weighted by Crippen LogP contribution is -2.12. The SMILES string of the molecule is O=C(O)c1cc(Cl)ccc1OCCC1CCCCC1. The lowest BCUT2D eigenvalue weighted by atomic mass is 9.87. The molecule has 0 spiro atoms. The zero-order valence-electron chi connectivity index (χ0n) is 10.9. The topological polar surface area (TPSA) is 46.5 Å². The van der Waals surface area contributed by atoms with E-state index < -0.39 is 5.97 Å². The van der Waals surface area contributed by atoms with Gasteiger partial charge in [-0.15, -0.1) is 0 Å². The molecule has 3 nitrogen and oxygen atoms in total. The number of aromatic carboxylic acids is 1. The monoisotopic (exact) mass is 282 g/mol. The largest absolute Gasteiger partial charge is 0.493 e. The minimum absolute atomic E-state index is 0.135. The average Bonchev–Trinajstić information content (AvgIpc) is 2.41. The predicted octanol–water partition coefficient (Wildman–Crippen LogP) is 4.39. The van der Waals surface area contributed by atoms with Gasteiger partial charge in [0.15, 0.2) is 0 Å². The summed E-state index contributed by atoms with van der Waals surface area (Å²) >= 11 is 5.80. The van der Waals surface area contributed by atoms with Crippen molar-refractivity contribution in [3.8, 4) is 5.75 Å². The Kier molecular flexibility index (Phi) is 5.08. The van der Waals surface area contributed by atoms with Gasteiger partial charge >= 0.3 is 5.97 Å². The third-order valence-corrected chi connectivity index (χ3v) is 3.92. The molecule has 1 fully saturated rings. The number of ether oxygens (including phenoxy) is 1. The normalized spacial score (nSPS) is 16.3. The third-order valence-electron chi connectivity index (χ3n) is 3.68. The number of rotatable bonds is 5. The molecule has 19 heavy (non-hydrogen) atoms. The maximum absolute atomic E-state index is 11.1. The van der Waals surface area contributed by atoms with E-state index in [1.807, 2.05) is 0 Å². The molecule has 1 aliphatic carbocycles. The fourth-order valence-corrected chi connectivity index (χ4v) is 2.78. The Morgan fingerprint density at radius 3 is 2.74 bits per heavy atom. The highest BCUT2D eigenvalue weighted by Crippen LogP contribution is 2.27. The van der Waals surface area contributed by atoms with Crippen molar-refractivity contribution < 1.29 is 14.6 Å². The molecule has 104 valence electrons. The molecular formula is C15H19ClO3. The Hall–Kier alpha value is -1.22. The van der Waals surface area contributed by atoms with E-state index in [1.165, 1.54) is 38.2 Å². The van der Waals surface area contributed by atoms with Gasteiger partial charge in [-0.05, 0) is 30.5 Å². The van der Waals surface area contributed by atoms with Gasteiger partial charge in [0.2, 0.25) is 0 Å². The molecule has 0 aliphatic heterocycles. The summed E-state index contributed by atoms with van der Waals surface area (Å²) in [5.74, 6) is 0.136. The van der Waals surface area contributed by atoms with E-state index in [0.29, 0.717) is 17.4 Å². The van der Waals surface area contributed by atoms with Crippen LogP contribution >= 0.6 is 11.6 Å². The third kappa shape index (κ3) is 4.13. The van der Waals surface area contributed by atoms with Gasteiger partial charge in [-0.25, -0.2) is 4.79 Å². The van der Waals surface area contributed by atoms with Crippen molar-refractivity contribution in [1.82, 2.24) is 0 Å². The molecule has 2 rings (SSSR count). The minimum atomic E-state index is -1.00. The van der Waals surface area contributed by atoms with E-state index in [4.69, 9.17) is 21.4 Å². The van der Waals surface area contributed by atoms with Gasteiger partial charge in [0.05, 0.1) is 6.61 Å². The van der Waals surface area contributed by atoms with Gasteiger partial charge in [0.1, 0.15) is 11.3 Å². The molecule has 1 N–H and O–H groups in total. The molecule has 1 aliphatic rings. The second kappa shape index (κ2) is 6.80. The zero-order chi connectivity index (χ0) is 13.7. The molecule has 0 atom stereocenters. The first-order valence-corrected chi connectivity index (χ1v) is 7.20. The smallest absolute Gasteiger partial charge is 0.339 e. The highest BCUT2D eigenvalue weighted by atomic mass is 35.5. The number of halogens is 1. The quantitative estimate of drug-likeness (QED) is 0.871. The van der Waals surface area contributed by atoms with Crippen LogP contribution in [0.4, 0.5) is 0 Å². The second-order valence-corrected chi connectivity index (χ2v) is 5.52. The number of carboxylic acids is 1. The van der Waals surface area contributed by atoms with Crippen LogP contribution in [0.5, 0.6) is 5.75 Å². The second-order valence-electron chi connectivity index (χ2n) is 5.09. The van der Waals surface area contributed by atoms with Crippen LogP contribution in [0.1, 0.15) is 48.9 Å². The van der Waals surface area contributed by atoms with E-state index in [2.05, 4.69) is 0 Å². The first-order chi connectivity index (χ1) is 9.16. The summed E-state index contributed by atoms with van der Waals surface area (Å²) < 4.78 is 5.62. The van der Waals surface area contributed by atoms with Crippen LogP contribution in [0.15, 0.2) is 18.2 Å². The van der Waals surface area contributed by atoms with Crippen molar-refractivity contribution in [1.29, 1.82) is 0 Å². The van der Waals surface area contributed by atoms with Crippen molar-refractivity contribution >= 4 is 17.6 Å². The highest BCUT2D eigenvalue weighted by Gasteiger charge is 2.15. The van der Waals surface area contributed by atoms with Crippen molar-refractivity contribution in [3.63, 3.8) is 0 Å². The van der Waals surface area contributed by atoms with Crippen LogP contribution in [0.3, 0.4) is 0 Å². The van der Waals surface area contributed by atoms with E-state index in [1.54, 1.807) is 12.1 Å². The van der Waals surface area contributed by atoms with Crippen LogP contribution in [-0.2, 0) is 0 Å². The van der Waals surface area contributed by atoms with Gasteiger partial charge < -0.3 is 9.84 Å². The molecule has 0 saturated heterocycles.